The second kappa shape index (κ2) is 5.14. The van der Waals surface area contributed by atoms with Crippen molar-refractivity contribution in [2.24, 2.45) is 7.05 Å². The number of nitrogen functional groups attached to an aromatic ring is 1. The van der Waals surface area contributed by atoms with E-state index >= 15 is 0 Å². The quantitative estimate of drug-likeness (QED) is 0.835. The van der Waals surface area contributed by atoms with E-state index in [4.69, 9.17) is 18.0 Å². The molecule has 4 nitrogen and oxygen atoms in total. The predicted octanol–water partition coefficient (Wildman–Crippen LogP) is 3.27. The molecule has 1 aromatic carbocycles. The Kier molecular flexibility index (Phi) is 3.73. The Balaban J connectivity index is 2.31. The second-order valence-electron chi connectivity index (χ2n) is 4.41. The van der Waals surface area contributed by atoms with E-state index in [1.165, 1.54) is 11.3 Å². The first kappa shape index (κ1) is 13.8. The number of anilines is 2. The van der Waals surface area contributed by atoms with Gasteiger partial charge in [-0.2, -0.15) is 0 Å². The fraction of sp³-hybridized carbons (Fsp3) is 0.231. The maximum atomic E-state index is 12.2. The fourth-order valence-electron chi connectivity index (χ4n) is 1.75. The second-order valence-corrected chi connectivity index (χ2v) is 6.06. The van der Waals surface area contributed by atoms with Crippen molar-refractivity contribution < 1.29 is 4.79 Å². The zero-order valence-corrected chi connectivity index (χ0v) is 12.6. The van der Waals surface area contributed by atoms with Crippen molar-refractivity contribution in [2.75, 3.05) is 11.1 Å². The normalized spacial score (nSPS) is 10.5. The van der Waals surface area contributed by atoms with Crippen LogP contribution in [0.5, 0.6) is 0 Å². The molecule has 2 aromatic rings. The van der Waals surface area contributed by atoms with Crippen molar-refractivity contribution >= 4 is 41.0 Å². The van der Waals surface area contributed by atoms with Crippen molar-refractivity contribution in [3.63, 3.8) is 0 Å². The van der Waals surface area contributed by atoms with Crippen LogP contribution in [0.15, 0.2) is 18.2 Å². The van der Waals surface area contributed by atoms with Gasteiger partial charge in [0.25, 0.3) is 5.91 Å². The lowest BCUT2D eigenvalue weighted by atomic mass is 10.1. The van der Waals surface area contributed by atoms with E-state index in [1.807, 2.05) is 32.0 Å². The standard InChI is InChI=1S/C13H15N3OS2/c1-7-4-5-9(8(2)6-7)15-12(17)10-11(14)16(3)13(18)19-10/h4-6H,14H2,1-3H3,(H,15,17). The molecule has 0 bridgehead atoms. The molecule has 0 radical (unpaired) electrons. The molecule has 0 aliphatic heterocycles. The van der Waals surface area contributed by atoms with Gasteiger partial charge in [-0.1, -0.05) is 29.0 Å². The average molecular weight is 293 g/mol. The van der Waals surface area contributed by atoms with Gasteiger partial charge in [0.1, 0.15) is 10.7 Å². The van der Waals surface area contributed by atoms with Gasteiger partial charge in [0, 0.05) is 12.7 Å². The largest absolute Gasteiger partial charge is 0.384 e. The van der Waals surface area contributed by atoms with E-state index in [0.717, 1.165) is 16.8 Å². The van der Waals surface area contributed by atoms with Gasteiger partial charge in [0.05, 0.1) is 0 Å². The molecule has 3 N–H and O–H groups in total. The van der Waals surface area contributed by atoms with E-state index in [2.05, 4.69) is 5.32 Å². The smallest absolute Gasteiger partial charge is 0.269 e. The molecule has 0 fully saturated rings. The number of carbonyl (C=O) groups is 1. The highest BCUT2D eigenvalue weighted by Crippen LogP contribution is 2.23. The van der Waals surface area contributed by atoms with Crippen LogP contribution in [0.3, 0.4) is 0 Å². The molecule has 0 spiro atoms. The fourth-order valence-corrected chi connectivity index (χ4v) is 2.90. The third-order valence-corrected chi connectivity index (χ3v) is 4.46. The van der Waals surface area contributed by atoms with Crippen molar-refractivity contribution in [1.29, 1.82) is 0 Å². The van der Waals surface area contributed by atoms with E-state index in [0.29, 0.717) is 14.6 Å². The summed E-state index contributed by atoms with van der Waals surface area (Å²) < 4.78 is 2.22. The molecule has 1 aromatic heterocycles. The zero-order chi connectivity index (χ0) is 14.2. The summed E-state index contributed by atoms with van der Waals surface area (Å²) in [6.45, 7) is 3.97. The van der Waals surface area contributed by atoms with Gasteiger partial charge in [-0.3, -0.25) is 4.79 Å². The maximum Gasteiger partial charge on any atom is 0.269 e. The first-order chi connectivity index (χ1) is 8.90. The Labute approximate surface area is 120 Å². The Bertz CT molecular complexity index is 700. The number of benzene rings is 1. The molecule has 0 aliphatic carbocycles. The SMILES string of the molecule is Cc1ccc(NC(=O)c2sc(=S)n(C)c2N)c(C)c1. The summed E-state index contributed by atoms with van der Waals surface area (Å²) >= 11 is 6.33. The van der Waals surface area contributed by atoms with Gasteiger partial charge >= 0.3 is 0 Å². The Morgan fingerprint density at radius 3 is 2.63 bits per heavy atom. The summed E-state index contributed by atoms with van der Waals surface area (Å²) in [6.07, 6.45) is 0. The molecule has 0 saturated heterocycles. The van der Waals surface area contributed by atoms with Crippen LogP contribution in [0, 0.1) is 17.8 Å². The minimum absolute atomic E-state index is 0.221. The Morgan fingerprint density at radius 2 is 2.11 bits per heavy atom. The number of nitrogens with two attached hydrogens (primary N) is 1. The highest BCUT2D eigenvalue weighted by molar-refractivity contribution is 7.73. The van der Waals surface area contributed by atoms with Gasteiger partial charge in [-0.25, -0.2) is 0 Å². The first-order valence-electron chi connectivity index (χ1n) is 5.74. The van der Waals surface area contributed by atoms with E-state index in [9.17, 15) is 4.79 Å². The lowest BCUT2D eigenvalue weighted by Crippen LogP contribution is -2.14. The number of aromatic nitrogens is 1. The highest BCUT2D eigenvalue weighted by atomic mass is 32.1. The molecule has 1 amide bonds. The van der Waals surface area contributed by atoms with Gasteiger partial charge < -0.3 is 15.6 Å². The van der Waals surface area contributed by atoms with Crippen molar-refractivity contribution in [1.82, 2.24) is 4.57 Å². The molecular formula is C13H15N3OS2. The molecule has 0 unspecified atom stereocenters. The molecule has 0 saturated carbocycles. The molecule has 100 valence electrons. The van der Waals surface area contributed by atoms with Crippen molar-refractivity contribution in [2.45, 2.75) is 13.8 Å². The summed E-state index contributed by atoms with van der Waals surface area (Å²) in [5.41, 5.74) is 8.83. The van der Waals surface area contributed by atoms with Crippen LogP contribution in [0.25, 0.3) is 0 Å². The number of rotatable bonds is 2. The number of carbonyl (C=O) groups excluding carboxylic acids is 1. The lowest BCUT2D eigenvalue weighted by Gasteiger charge is -2.08. The number of thiazole rings is 1. The zero-order valence-electron chi connectivity index (χ0n) is 11.0. The number of amides is 1. The predicted molar refractivity (Wildman–Crippen MR) is 82.4 cm³/mol. The highest BCUT2D eigenvalue weighted by Gasteiger charge is 2.16. The lowest BCUT2D eigenvalue weighted by molar-refractivity contribution is 0.103. The van der Waals surface area contributed by atoms with E-state index in [1.54, 1.807) is 11.6 Å². The molecule has 1 heterocycles. The number of hydrogen-bond acceptors (Lipinski definition) is 4. The maximum absolute atomic E-state index is 12.2. The summed E-state index contributed by atoms with van der Waals surface area (Å²) in [7, 11) is 1.75. The Morgan fingerprint density at radius 1 is 1.42 bits per heavy atom. The van der Waals surface area contributed by atoms with E-state index < -0.39 is 0 Å². The van der Waals surface area contributed by atoms with Gasteiger partial charge in [-0.15, -0.1) is 0 Å². The number of hydrogen-bond donors (Lipinski definition) is 2. The molecule has 6 heteroatoms. The number of nitrogens with zero attached hydrogens (tertiary/aromatic N) is 1. The van der Waals surface area contributed by atoms with Crippen molar-refractivity contribution in [3.05, 3.63) is 38.2 Å². The molecule has 0 atom stereocenters. The minimum Gasteiger partial charge on any atom is -0.384 e. The minimum atomic E-state index is -0.221. The number of aryl methyl sites for hydroxylation is 2. The topological polar surface area (TPSA) is 60.0 Å². The van der Waals surface area contributed by atoms with Crippen LogP contribution >= 0.6 is 23.6 Å². The van der Waals surface area contributed by atoms with Crippen LogP contribution in [-0.4, -0.2) is 10.5 Å². The van der Waals surface area contributed by atoms with Crippen LogP contribution in [0.4, 0.5) is 11.5 Å². The summed E-state index contributed by atoms with van der Waals surface area (Å²) in [6, 6.07) is 5.87. The third kappa shape index (κ3) is 2.69. The van der Waals surface area contributed by atoms with E-state index in [-0.39, 0.29) is 5.91 Å². The molecule has 2 rings (SSSR count). The summed E-state index contributed by atoms with van der Waals surface area (Å²) in [5, 5.41) is 2.87. The monoisotopic (exact) mass is 293 g/mol. The number of nitrogens with one attached hydrogen (secondary N) is 1. The average Bonchev–Trinajstić information content (AvgIpc) is 2.60. The molecule has 0 aliphatic rings. The molecule has 19 heavy (non-hydrogen) atoms. The van der Waals surface area contributed by atoms with Gasteiger partial charge in [-0.05, 0) is 37.7 Å². The van der Waals surface area contributed by atoms with Crippen LogP contribution in [0.2, 0.25) is 0 Å². The van der Waals surface area contributed by atoms with Crippen LogP contribution < -0.4 is 11.1 Å². The van der Waals surface area contributed by atoms with Gasteiger partial charge in [0.2, 0.25) is 0 Å². The van der Waals surface area contributed by atoms with Gasteiger partial charge in [0.15, 0.2) is 3.95 Å². The third-order valence-electron chi connectivity index (χ3n) is 2.89. The Hall–Kier alpha value is -1.66. The van der Waals surface area contributed by atoms with Crippen molar-refractivity contribution in [3.8, 4) is 0 Å². The van der Waals surface area contributed by atoms with Crippen LogP contribution in [-0.2, 0) is 7.05 Å². The first-order valence-corrected chi connectivity index (χ1v) is 6.96. The summed E-state index contributed by atoms with van der Waals surface area (Å²) in [4.78, 5) is 12.6. The molecular weight excluding hydrogens is 278 g/mol. The summed E-state index contributed by atoms with van der Waals surface area (Å²) in [5.74, 6) is 0.179. The van der Waals surface area contributed by atoms with Crippen LogP contribution in [0.1, 0.15) is 20.8 Å².